The van der Waals surface area contributed by atoms with Crippen molar-refractivity contribution >= 4 is 39.5 Å². The zero-order chi connectivity index (χ0) is 23.0. The lowest BCUT2D eigenvalue weighted by Gasteiger charge is -2.10. The van der Waals surface area contributed by atoms with E-state index >= 15 is 0 Å². The quantitative estimate of drug-likeness (QED) is 0.358. The highest BCUT2D eigenvalue weighted by Gasteiger charge is 2.17. The first-order valence-corrected chi connectivity index (χ1v) is 10.2. The number of rotatable bonds is 5. The van der Waals surface area contributed by atoms with Crippen molar-refractivity contribution in [2.45, 2.75) is 33.6 Å². The van der Waals surface area contributed by atoms with Crippen molar-refractivity contribution in [2.24, 2.45) is 0 Å². The van der Waals surface area contributed by atoms with Gasteiger partial charge in [-0.15, -0.1) is 0 Å². The Morgan fingerprint density at radius 3 is 2.41 bits per heavy atom. The average Bonchev–Trinajstić information content (AvgIpc) is 3.05. The number of furan rings is 1. The summed E-state index contributed by atoms with van der Waals surface area (Å²) in [6.45, 7) is 5.73. The van der Waals surface area contributed by atoms with Crippen molar-refractivity contribution in [2.75, 3.05) is 12.4 Å². The van der Waals surface area contributed by atoms with Gasteiger partial charge in [0.05, 0.1) is 18.4 Å². The van der Waals surface area contributed by atoms with E-state index in [0.29, 0.717) is 22.4 Å². The van der Waals surface area contributed by atoms with E-state index in [9.17, 15) is 14.4 Å². The van der Waals surface area contributed by atoms with Gasteiger partial charge in [-0.3, -0.25) is 4.79 Å². The predicted octanol–water partition coefficient (Wildman–Crippen LogP) is 4.82. The third kappa shape index (κ3) is 3.77. The Labute approximate surface area is 184 Å². The summed E-state index contributed by atoms with van der Waals surface area (Å²) in [5.41, 5.74) is 3.54. The van der Waals surface area contributed by atoms with Crippen LogP contribution in [0.4, 0.5) is 5.69 Å². The zero-order valence-electron chi connectivity index (χ0n) is 18.3. The number of methoxy groups -OCH3 is 1. The van der Waals surface area contributed by atoms with Crippen LogP contribution in [0.1, 0.15) is 39.2 Å². The topological polar surface area (TPSA) is 98.8 Å². The normalized spacial score (nSPS) is 11.1. The van der Waals surface area contributed by atoms with Gasteiger partial charge in [-0.2, -0.15) is 0 Å². The Balaban J connectivity index is 1.60. The number of carbonyl (C=O) groups excluding carboxylic acids is 2. The number of para-hydroxylation sites is 1. The number of nitrogens with one attached hydrogen (secondary N) is 1. The molecule has 2 aromatic heterocycles. The molecule has 1 amide bonds. The minimum Gasteiger partial charge on any atom is -0.465 e. The molecular weight excluding hydrogens is 410 g/mol. The van der Waals surface area contributed by atoms with Crippen molar-refractivity contribution < 1.29 is 23.2 Å². The molecule has 0 unspecified atom stereocenters. The standard InChI is InChI=1S/C25H23NO6/c1-13-15(3)31-21-12-22-19(11-18(13)21)14(2)16(25(29)32-22)9-10-23(27)26-20-8-6-5-7-17(20)24(28)30-4/h5-8,11-12H,9-10H2,1-4H3,(H,26,27). The maximum atomic E-state index is 12.6. The number of esters is 1. The molecule has 0 bridgehead atoms. The molecule has 164 valence electrons. The molecule has 0 saturated heterocycles. The number of aryl methyl sites for hydroxylation is 3. The van der Waals surface area contributed by atoms with Crippen molar-refractivity contribution in [1.82, 2.24) is 0 Å². The summed E-state index contributed by atoms with van der Waals surface area (Å²) in [4.78, 5) is 37.1. The second kappa shape index (κ2) is 8.34. The van der Waals surface area contributed by atoms with Crippen LogP contribution in [0.5, 0.6) is 0 Å². The van der Waals surface area contributed by atoms with E-state index in [2.05, 4.69) is 5.32 Å². The highest BCUT2D eigenvalue weighted by atomic mass is 16.5. The molecule has 4 rings (SSSR count). The summed E-state index contributed by atoms with van der Waals surface area (Å²) in [5, 5.41) is 4.50. The fourth-order valence-corrected chi connectivity index (χ4v) is 3.85. The maximum Gasteiger partial charge on any atom is 0.339 e. The van der Waals surface area contributed by atoms with Crippen LogP contribution in [0.2, 0.25) is 0 Å². The number of benzene rings is 2. The third-order valence-electron chi connectivity index (χ3n) is 5.79. The van der Waals surface area contributed by atoms with Gasteiger partial charge in [0.2, 0.25) is 5.91 Å². The Bertz CT molecular complexity index is 1430. The molecule has 0 aliphatic carbocycles. The fourth-order valence-electron chi connectivity index (χ4n) is 3.85. The van der Waals surface area contributed by atoms with E-state index < -0.39 is 11.6 Å². The van der Waals surface area contributed by atoms with E-state index in [0.717, 1.165) is 27.7 Å². The van der Waals surface area contributed by atoms with Gasteiger partial charge in [-0.05, 0) is 56.5 Å². The fraction of sp³-hybridized carbons (Fsp3) is 0.240. The number of hydrogen-bond donors (Lipinski definition) is 1. The lowest BCUT2D eigenvalue weighted by molar-refractivity contribution is -0.116. The molecule has 2 heterocycles. The Hall–Kier alpha value is -3.87. The highest BCUT2D eigenvalue weighted by Crippen LogP contribution is 2.31. The predicted molar refractivity (Wildman–Crippen MR) is 121 cm³/mol. The summed E-state index contributed by atoms with van der Waals surface area (Å²) in [6.07, 6.45) is 0.260. The number of amides is 1. The molecule has 7 nitrogen and oxygen atoms in total. The van der Waals surface area contributed by atoms with Crippen LogP contribution in [-0.4, -0.2) is 19.0 Å². The van der Waals surface area contributed by atoms with Crippen LogP contribution in [-0.2, 0) is 16.0 Å². The first-order chi connectivity index (χ1) is 15.3. The van der Waals surface area contributed by atoms with Crippen LogP contribution in [0.15, 0.2) is 50.0 Å². The molecule has 7 heteroatoms. The lowest BCUT2D eigenvalue weighted by Crippen LogP contribution is -2.18. The zero-order valence-corrected chi connectivity index (χ0v) is 18.3. The molecule has 0 aliphatic rings. The van der Waals surface area contributed by atoms with E-state index in [4.69, 9.17) is 13.6 Å². The summed E-state index contributed by atoms with van der Waals surface area (Å²) >= 11 is 0. The monoisotopic (exact) mass is 433 g/mol. The molecule has 32 heavy (non-hydrogen) atoms. The van der Waals surface area contributed by atoms with Crippen molar-refractivity contribution in [3.63, 3.8) is 0 Å². The molecular formula is C25H23NO6. The summed E-state index contributed by atoms with van der Waals surface area (Å²) in [7, 11) is 1.28. The number of carbonyl (C=O) groups is 2. The van der Waals surface area contributed by atoms with Gasteiger partial charge in [0.25, 0.3) is 0 Å². The second-order valence-corrected chi connectivity index (χ2v) is 7.71. The van der Waals surface area contributed by atoms with Gasteiger partial charge in [0, 0.05) is 28.8 Å². The number of anilines is 1. The third-order valence-corrected chi connectivity index (χ3v) is 5.79. The summed E-state index contributed by atoms with van der Waals surface area (Å²) in [6, 6.07) is 10.3. The van der Waals surface area contributed by atoms with Gasteiger partial charge in [0.1, 0.15) is 16.9 Å². The molecule has 0 aliphatic heterocycles. The molecule has 2 aromatic carbocycles. The summed E-state index contributed by atoms with van der Waals surface area (Å²) < 4.78 is 16.0. The van der Waals surface area contributed by atoms with E-state index in [-0.39, 0.29) is 24.3 Å². The Kier molecular flexibility index (Phi) is 5.57. The first-order valence-electron chi connectivity index (χ1n) is 10.2. The molecule has 4 aromatic rings. The molecule has 1 N–H and O–H groups in total. The second-order valence-electron chi connectivity index (χ2n) is 7.71. The van der Waals surface area contributed by atoms with Crippen LogP contribution >= 0.6 is 0 Å². The van der Waals surface area contributed by atoms with Gasteiger partial charge >= 0.3 is 11.6 Å². The van der Waals surface area contributed by atoms with Gasteiger partial charge in [-0.25, -0.2) is 9.59 Å². The van der Waals surface area contributed by atoms with E-state index in [1.165, 1.54) is 7.11 Å². The minimum atomic E-state index is -0.539. The highest BCUT2D eigenvalue weighted by molar-refractivity contribution is 6.01. The van der Waals surface area contributed by atoms with Crippen molar-refractivity contribution in [3.05, 3.63) is 74.8 Å². The molecule has 0 radical (unpaired) electrons. The SMILES string of the molecule is COC(=O)c1ccccc1NC(=O)CCc1c(C)c2cc3c(C)c(C)oc3cc2oc1=O. The van der Waals surface area contributed by atoms with E-state index in [1.54, 1.807) is 30.3 Å². The lowest BCUT2D eigenvalue weighted by atomic mass is 10.0. The van der Waals surface area contributed by atoms with Crippen LogP contribution in [0.3, 0.4) is 0 Å². The van der Waals surface area contributed by atoms with Crippen LogP contribution in [0, 0.1) is 20.8 Å². The molecule has 0 fully saturated rings. The summed E-state index contributed by atoms with van der Waals surface area (Å²) in [5.74, 6) is -0.0422. The molecule has 0 saturated carbocycles. The largest absolute Gasteiger partial charge is 0.465 e. The maximum absolute atomic E-state index is 12.6. The van der Waals surface area contributed by atoms with Crippen LogP contribution in [0.25, 0.3) is 21.9 Å². The Morgan fingerprint density at radius 1 is 0.969 bits per heavy atom. The van der Waals surface area contributed by atoms with Crippen molar-refractivity contribution in [3.8, 4) is 0 Å². The van der Waals surface area contributed by atoms with Crippen molar-refractivity contribution in [1.29, 1.82) is 0 Å². The Morgan fingerprint density at radius 2 is 1.66 bits per heavy atom. The van der Waals surface area contributed by atoms with Gasteiger partial charge in [-0.1, -0.05) is 12.1 Å². The number of fused-ring (bicyclic) bond motifs is 2. The minimum absolute atomic E-state index is 0.0543. The van der Waals surface area contributed by atoms with Crippen LogP contribution < -0.4 is 10.9 Å². The number of ether oxygens (including phenoxy) is 1. The smallest absolute Gasteiger partial charge is 0.339 e. The first kappa shape index (κ1) is 21.4. The molecule has 0 spiro atoms. The van der Waals surface area contributed by atoms with Gasteiger partial charge in [0.15, 0.2) is 0 Å². The van der Waals surface area contributed by atoms with Gasteiger partial charge < -0.3 is 18.9 Å². The number of hydrogen-bond acceptors (Lipinski definition) is 6. The van der Waals surface area contributed by atoms with E-state index in [1.807, 2.05) is 26.8 Å². The average molecular weight is 433 g/mol. The molecule has 0 atom stereocenters.